The zero-order valence-corrected chi connectivity index (χ0v) is 14.7. The van der Waals surface area contributed by atoms with Crippen LogP contribution < -0.4 is 5.32 Å². The molecule has 0 unspecified atom stereocenters. The van der Waals surface area contributed by atoms with Gasteiger partial charge in [0, 0.05) is 23.6 Å². The molecule has 6 nitrogen and oxygen atoms in total. The van der Waals surface area contributed by atoms with E-state index in [2.05, 4.69) is 15.4 Å². The lowest BCUT2D eigenvalue weighted by Crippen LogP contribution is -2.40. The number of pyridine rings is 1. The number of nitrogens with one attached hydrogen (secondary N) is 2. The molecule has 3 aromatic rings. The first-order chi connectivity index (χ1) is 13.4. The number of rotatable bonds is 4. The van der Waals surface area contributed by atoms with Crippen LogP contribution in [0.2, 0.25) is 0 Å². The summed E-state index contributed by atoms with van der Waals surface area (Å²) < 4.78 is 43.5. The molecule has 0 saturated carbocycles. The van der Waals surface area contributed by atoms with Gasteiger partial charge in [0.1, 0.15) is 5.69 Å². The Labute approximate surface area is 158 Å². The highest BCUT2D eigenvalue weighted by atomic mass is 19.4. The van der Waals surface area contributed by atoms with Crippen molar-refractivity contribution in [3.05, 3.63) is 59.5 Å². The van der Waals surface area contributed by atoms with Gasteiger partial charge in [0.2, 0.25) is 0 Å². The molecular formula is C19H17F3N4O2. The SMILES string of the molecule is O=C(N[C@@H]1COC[C@H]1Cc1ccnc2ccccc12)c1cc(C(F)(F)F)[nH]n1. The first-order valence-corrected chi connectivity index (χ1v) is 8.75. The van der Waals surface area contributed by atoms with Crippen LogP contribution in [-0.4, -0.2) is 40.3 Å². The van der Waals surface area contributed by atoms with E-state index in [1.165, 1.54) is 0 Å². The molecule has 1 aromatic carbocycles. The van der Waals surface area contributed by atoms with Gasteiger partial charge in [-0.3, -0.25) is 14.9 Å². The highest BCUT2D eigenvalue weighted by Gasteiger charge is 2.35. The number of nitrogens with zero attached hydrogens (tertiary/aromatic N) is 2. The number of benzene rings is 1. The summed E-state index contributed by atoms with van der Waals surface area (Å²) in [4.78, 5) is 16.7. The second-order valence-electron chi connectivity index (χ2n) is 6.73. The number of halogens is 3. The Balaban J connectivity index is 1.48. The smallest absolute Gasteiger partial charge is 0.379 e. The van der Waals surface area contributed by atoms with E-state index < -0.39 is 17.8 Å². The number of hydrogen-bond donors (Lipinski definition) is 2. The molecular weight excluding hydrogens is 373 g/mol. The number of H-pyrrole nitrogens is 1. The van der Waals surface area contributed by atoms with Crippen LogP contribution in [-0.2, 0) is 17.3 Å². The third-order valence-electron chi connectivity index (χ3n) is 4.85. The average molecular weight is 390 g/mol. The first kappa shape index (κ1) is 18.4. The zero-order valence-electron chi connectivity index (χ0n) is 14.7. The van der Waals surface area contributed by atoms with Gasteiger partial charge in [0.05, 0.1) is 24.8 Å². The molecule has 0 aliphatic carbocycles. The van der Waals surface area contributed by atoms with Crippen LogP contribution in [0, 0.1) is 5.92 Å². The number of carbonyl (C=O) groups excluding carboxylic acids is 1. The summed E-state index contributed by atoms with van der Waals surface area (Å²) in [6.07, 6.45) is -2.18. The second kappa shape index (κ2) is 7.23. The Morgan fingerprint density at radius 2 is 2.07 bits per heavy atom. The van der Waals surface area contributed by atoms with E-state index >= 15 is 0 Å². The molecule has 0 radical (unpaired) electrons. The number of carbonyl (C=O) groups is 1. The van der Waals surface area contributed by atoms with E-state index in [-0.39, 0.29) is 17.7 Å². The summed E-state index contributed by atoms with van der Waals surface area (Å²) in [5.41, 5.74) is 0.614. The molecule has 28 heavy (non-hydrogen) atoms. The standard InChI is InChI=1S/C19H17F3N4O2/c20-19(21,22)17-8-15(25-26-17)18(27)24-16-10-28-9-12(16)7-11-5-6-23-14-4-2-1-3-13(11)14/h1-6,8,12,16H,7,9-10H2,(H,24,27)(H,25,26)/t12-,16-/m1/s1. The van der Waals surface area contributed by atoms with Crippen molar-refractivity contribution in [2.24, 2.45) is 5.92 Å². The summed E-state index contributed by atoms with van der Waals surface area (Å²) in [5, 5.41) is 9.10. The largest absolute Gasteiger partial charge is 0.432 e. The van der Waals surface area contributed by atoms with Crippen molar-refractivity contribution >= 4 is 16.8 Å². The van der Waals surface area contributed by atoms with Crippen LogP contribution in [0.4, 0.5) is 13.2 Å². The number of hydrogen-bond acceptors (Lipinski definition) is 4. The lowest BCUT2D eigenvalue weighted by Gasteiger charge is -2.19. The summed E-state index contributed by atoms with van der Waals surface area (Å²) in [5.74, 6) is -0.664. The van der Waals surface area contributed by atoms with E-state index in [0.717, 1.165) is 16.5 Å². The summed E-state index contributed by atoms with van der Waals surface area (Å²) in [6, 6.07) is 10.1. The minimum Gasteiger partial charge on any atom is -0.379 e. The Hall–Kier alpha value is -2.94. The maximum atomic E-state index is 12.7. The van der Waals surface area contributed by atoms with Crippen LogP contribution in [0.3, 0.4) is 0 Å². The van der Waals surface area contributed by atoms with Crippen molar-refractivity contribution in [3.8, 4) is 0 Å². The number of aromatic nitrogens is 3. The van der Waals surface area contributed by atoms with Gasteiger partial charge in [-0.05, 0) is 24.1 Å². The molecule has 3 heterocycles. The number of para-hydroxylation sites is 1. The molecule has 4 rings (SSSR count). The van der Waals surface area contributed by atoms with E-state index in [4.69, 9.17) is 4.74 Å². The van der Waals surface area contributed by atoms with Crippen molar-refractivity contribution in [2.45, 2.75) is 18.6 Å². The van der Waals surface area contributed by atoms with Crippen LogP contribution in [0.15, 0.2) is 42.6 Å². The Kier molecular flexibility index (Phi) is 4.76. The molecule has 2 aromatic heterocycles. The molecule has 2 atom stereocenters. The van der Waals surface area contributed by atoms with E-state index in [1.54, 1.807) is 6.20 Å². The Bertz CT molecular complexity index is 997. The lowest BCUT2D eigenvalue weighted by atomic mass is 9.93. The van der Waals surface area contributed by atoms with Gasteiger partial charge in [0.15, 0.2) is 5.69 Å². The monoisotopic (exact) mass is 390 g/mol. The van der Waals surface area contributed by atoms with Crippen LogP contribution in [0.1, 0.15) is 21.7 Å². The van der Waals surface area contributed by atoms with Crippen molar-refractivity contribution in [1.82, 2.24) is 20.5 Å². The van der Waals surface area contributed by atoms with Gasteiger partial charge < -0.3 is 10.1 Å². The topological polar surface area (TPSA) is 79.9 Å². The molecule has 146 valence electrons. The molecule has 0 spiro atoms. The van der Waals surface area contributed by atoms with Crippen molar-refractivity contribution < 1.29 is 22.7 Å². The summed E-state index contributed by atoms with van der Waals surface area (Å²) in [6.45, 7) is 0.756. The summed E-state index contributed by atoms with van der Waals surface area (Å²) in [7, 11) is 0. The molecule has 2 N–H and O–H groups in total. The molecule has 1 aliphatic rings. The minimum atomic E-state index is -4.58. The average Bonchev–Trinajstić information content (AvgIpc) is 3.32. The van der Waals surface area contributed by atoms with E-state index in [1.807, 2.05) is 35.4 Å². The number of fused-ring (bicyclic) bond motifs is 1. The van der Waals surface area contributed by atoms with Crippen molar-refractivity contribution in [2.75, 3.05) is 13.2 Å². The Morgan fingerprint density at radius 3 is 2.86 bits per heavy atom. The van der Waals surface area contributed by atoms with Gasteiger partial charge in [0.25, 0.3) is 5.91 Å². The van der Waals surface area contributed by atoms with Crippen molar-refractivity contribution in [1.29, 1.82) is 0 Å². The fourth-order valence-electron chi connectivity index (χ4n) is 3.40. The molecule has 0 bridgehead atoms. The predicted octanol–water partition coefficient (Wildman–Crippen LogP) is 2.96. The number of aromatic amines is 1. The maximum absolute atomic E-state index is 12.7. The van der Waals surface area contributed by atoms with Crippen LogP contribution in [0.5, 0.6) is 0 Å². The minimum absolute atomic E-state index is 0.00390. The van der Waals surface area contributed by atoms with Gasteiger partial charge in [-0.25, -0.2) is 0 Å². The van der Waals surface area contributed by atoms with Crippen LogP contribution >= 0.6 is 0 Å². The Morgan fingerprint density at radius 1 is 1.25 bits per heavy atom. The van der Waals surface area contributed by atoms with Gasteiger partial charge in [-0.1, -0.05) is 18.2 Å². The predicted molar refractivity (Wildman–Crippen MR) is 94.6 cm³/mol. The van der Waals surface area contributed by atoms with Crippen LogP contribution in [0.25, 0.3) is 10.9 Å². The number of ether oxygens (including phenoxy) is 1. The van der Waals surface area contributed by atoms with Gasteiger partial charge in [-0.15, -0.1) is 0 Å². The first-order valence-electron chi connectivity index (χ1n) is 8.75. The highest BCUT2D eigenvalue weighted by molar-refractivity contribution is 5.92. The lowest BCUT2D eigenvalue weighted by molar-refractivity contribution is -0.141. The van der Waals surface area contributed by atoms with E-state index in [0.29, 0.717) is 25.7 Å². The molecule has 1 fully saturated rings. The van der Waals surface area contributed by atoms with Gasteiger partial charge in [-0.2, -0.15) is 18.3 Å². The quantitative estimate of drug-likeness (QED) is 0.718. The fourth-order valence-corrected chi connectivity index (χ4v) is 3.40. The molecule has 1 amide bonds. The number of amides is 1. The normalized spacial score (nSPS) is 19.8. The second-order valence-corrected chi connectivity index (χ2v) is 6.73. The zero-order chi connectivity index (χ0) is 19.7. The third kappa shape index (κ3) is 3.70. The molecule has 1 aliphatic heterocycles. The maximum Gasteiger partial charge on any atom is 0.432 e. The van der Waals surface area contributed by atoms with E-state index in [9.17, 15) is 18.0 Å². The van der Waals surface area contributed by atoms with Gasteiger partial charge >= 0.3 is 6.18 Å². The van der Waals surface area contributed by atoms with Crippen molar-refractivity contribution in [3.63, 3.8) is 0 Å². The molecule has 9 heteroatoms. The number of alkyl halides is 3. The third-order valence-corrected chi connectivity index (χ3v) is 4.85. The molecule has 1 saturated heterocycles. The fraction of sp³-hybridized carbons (Fsp3) is 0.316. The highest BCUT2D eigenvalue weighted by Crippen LogP contribution is 2.28. The summed E-state index contributed by atoms with van der Waals surface area (Å²) >= 11 is 0.